The molecule has 2 aliphatic rings. The van der Waals surface area contributed by atoms with Gasteiger partial charge in [0.25, 0.3) is 5.91 Å². The Kier molecular flexibility index (Phi) is 12.9. The summed E-state index contributed by atoms with van der Waals surface area (Å²) in [5, 5.41) is 14.4. The standard InChI is InChI=1S/C56H52N8O7S/c1-32-35(15-12-21-43(32)70-44-20-8-6-13-34(44)23-27-47(65)57-42-19-11-17-38-49(62-63(5)51(38)42)39-25-28-48(66)60-53(39)68)36-24-26-46(59-50(36)54(69)71-56(2,3)4)64-30-29-33-14-10-16-37(40(33)31-64)52(67)61-55-58-41-18-7-9-22-45(41)72-55/h6-22,24,26,39H,23,25,27-31H2,1-5H3,(H,57,65)(H,58,61,67)(H,60,66,68). The van der Waals surface area contributed by atoms with Crippen molar-refractivity contribution in [2.24, 2.45) is 7.05 Å². The van der Waals surface area contributed by atoms with Crippen molar-refractivity contribution in [2.45, 2.75) is 77.9 Å². The van der Waals surface area contributed by atoms with Gasteiger partial charge in [0.05, 0.1) is 33.0 Å². The van der Waals surface area contributed by atoms with Gasteiger partial charge in [-0.05, 0) is 123 Å². The van der Waals surface area contributed by atoms with E-state index in [0.717, 1.165) is 43.4 Å². The number of fused-ring (bicyclic) bond motifs is 3. The van der Waals surface area contributed by atoms with Crippen molar-refractivity contribution in [3.05, 3.63) is 154 Å². The highest BCUT2D eigenvalue weighted by Gasteiger charge is 2.33. The van der Waals surface area contributed by atoms with Gasteiger partial charge in [0.15, 0.2) is 10.8 Å². The molecule has 10 rings (SSSR count). The van der Waals surface area contributed by atoms with Crippen LogP contribution in [0.1, 0.15) is 94.7 Å². The summed E-state index contributed by atoms with van der Waals surface area (Å²) in [6.07, 6.45) is 1.78. The zero-order chi connectivity index (χ0) is 50.3. The predicted molar refractivity (Wildman–Crippen MR) is 278 cm³/mol. The van der Waals surface area contributed by atoms with E-state index in [1.807, 2.05) is 137 Å². The second-order valence-electron chi connectivity index (χ2n) is 19.0. The largest absolute Gasteiger partial charge is 0.457 e. The third kappa shape index (κ3) is 9.77. The molecular weight excluding hydrogens is 929 g/mol. The average Bonchev–Trinajstić information content (AvgIpc) is 3.93. The third-order valence-electron chi connectivity index (χ3n) is 13.0. The van der Waals surface area contributed by atoms with Gasteiger partial charge in [0, 0.05) is 49.5 Å². The summed E-state index contributed by atoms with van der Waals surface area (Å²) in [5.41, 5.74) is 7.39. The second-order valence-corrected chi connectivity index (χ2v) is 20.1. The number of benzene rings is 5. The maximum atomic E-state index is 14.2. The van der Waals surface area contributed by atoms with Gasteiger partial charge in [0.2, 0.25) is 17.7 Å². The molecule has 1 unspecified atom stereocenters. The van der Waals surface area contributed by atoms with E-state index >= 15 is 0 Å². The van der Waals surface area contributed by atoms with Crippen LogP contribution in [0.3, 0.4) is 0 Å². The highest BCUT2D eigenvalue weighted by molar-refractivity contribution is 7.22. The van der Waals surface area contributed by atoms with Crippen molar-refractivity contribution in [2.75, 3.05) is 22.1 Å². The number of aryl methyl sites for hydroxylation is 2. The van der Waals surface area contributed by atoms with Crippen molar-refractivity contribution in [1.82, 2.24) is 25.1 Å². The Hall–Kier alpha value is -8.24. The molecule has 5 aromatic carbocycles. The van der Waals surface area contributed by atoms with E-state index in [-0.39, 0.29) is 42.2 Å². The highest BCUT2D eigenvalue weighted by Crippen LogP contribution is 2.38. The quantitative estimate of drug-likeness (QED) is 0.0781. The van der Waals surface area contributed by atoms with E-state index in [2.05, 4.69) is 30.9 Å². The van der Waals surface area contributed by atoms with Crippen molar-refractivity contribution < 1.29 is 33.4 Å². The van der Waals surface area contributed by atoms with E-state index in [1.54, 1.807) is 17.8 Å². The number of para-hydroxylation sites is 3. The number of thiazole rings is 1. The van der Waals surface area contributed by atoms with Crippen LogP contribution in [-0.2, 0) is 45.6 Å². The summed E-state index contributed by atoms with van der Waals surface area (Å²) in [6, 6.07) is 36.1. The van der Waals surface area contributed by atoms with Crippen molar-refractivity contribution in [3.63, 3.8) is 0 Å². The molecule has 4 amide bonds. The van der Waals surface area contributed by atoms with Gasteiger partial charge in [-0.15, -0.1) is 0 Å². The van der Waals surface area contributed by atoms with E-state index in [9.17, 15) is 24.0 Å². The van der Waals surface area contributed by atoms with Crippen molar-refractivity contribution in [1.29, 1.82) is 0 Å². The number of piperidine rings is 1. The van der Waals surface area contributed by atoms with Crippen LogP contribution in [0.5, 0.6) is 11.5 Å². The molecule has 0 bridgehead atoms. The van der Waals surface area contributed by atoms with Gasteiger partial charge in [-0.3, -0.25) is 34.5 Å². The van der Waals surface area contributed by atoms with Gasteiger partial charge >= 0.3 is 5.97 Å². The summed E-state index contributed by atoms with van der Waals surface area (Å²) >= 11 is 1.43. The molecular formula is C56H52N8O7S. The van der Waals surface area contributed by atoms with Gasteiger partial charge < -0.3 is 19.7 Å². The fraction of sp³-hybridized carbons (Fsp3) is 0.250. The van der Waals surface area contributed by atoms with E-state index in [1.165, 1.54) is 11.3 Å². The highest BCUT2D eigenvalue weighted by atomic mass is 32.1. The molecule has 16 heteroatoms. The van der Waals surface area contributed by atoms with Crippen molar-refractivity contribution >= 4 is 78.7 Å². The first kappa shape index (κ1) is 47.4. The Morgan fingerprint density at radius 3 is 2.43 bits per heavy atom. The number of carbonyl (C=O) groups excluding carboxylic acids is 5. The van der Waals surface area contributed by atoms with Gasteiger partial charge in [-0.2, -0.15) is 5.10 Å². The number of nitrogens with zero attached hydrogens (tertiary/aromatic N) is 5. The van der Waals surface area contributed by atoms with Crippen LogP contribution >= 0.6 is 11.3 Å². The molecule has 0 aliphatic carbocycles. The monoisotopic (exact) mass is 980 g/mol. The molecule has 0 saturated carbocycles. The maximum absolute atomic E-state index is 14.2. The molecule has 5 heterocycles. The first-order valence-corrected chi connectivity index (χ1v) is 24.7. The number of amides is 4. The van der Waals surface area contributed by atoms with Crippen molar-refractivity contribution in [3.8, 4) is 22.6 Å². The SMILES string of the molecule is Cc1c(Oc2ccccc2CCC(=O)Nc2cccc3c(C4CCC(=O)NC4=O)nn(C)c23)cccc1-c1ccc(N2CCc3cccc(C(=O)Nc4nc5ccccc5s4)c3C2)nc1C(=O)OC(C)(C)C. The molecule has 1 fully saturated rings. The smallest absolute Gasteiger partial charge is 0.358 e. The Morgan fingerprint density at radius 1 is 0.833 bits per heavy atom. The Morgan fingerprint density at radius 2 is 1.61 bits per heavy atom. The van der Waals surface area contributed by atoms with Gasteiger partial charge in [0.1, 0.15) is 22.9 Å². The zero-order valence-electron chi connectivity index (χ0n) is 40.5. The Labute approximate surface area is 419 Å². The van der Waals surface area contributed by atoms with Gasteiger partial charge in [-0.1, -0.05) is 78.1 Å². The van der Waals surface area contributed by atoms with Crippen LogP contribution in [0.2, 0.25) is 0 Å². The van der Waals surface area contributed by atoms with Gasteiger partial charge in [-0.25, -0.2) is 14.8 Å². The first-order valence-electron chi connectivity index (χ1n) is 23.9. The number of hydrogen-bond acceptors (Lipinski definition) is 12. The summed E-state index contributed by atoms with van der Waals surface area (Å²) < 4.78 is 15.3. The Bertz CT molecular complexity index is 3450. The fourth-order valence-electron chi connectivity index (χ4n) is 9.49. The molecule has 8 aromatic rings. The number of anilines is 3. The normalized spacial score (nSPS) is 14.7. The number of esters is 1. The topological polar surface area (TPSA) is 187 Å². The van der Waals surface area contributed by atoms with Crippen LogP contribution in [0.15, 0.2) is 115 Å². The van der Waals surface area contributed by atoms with Crippen LogP contribution in [0.4, 0.5) is 16.6 Å². The molecule has 0 spiro atoms. The maximum Gasteiger partial charge on any atom is 0.358 e. The number of imide groups is 1. The number of hydrogen-bond donors (Lipinski definition) is 3. The molecule has 3 aromatic heterocycles. The number of carbonyl (C=O) groups is 5. The van der Waals surface area contributed by atoms with E-state index in [4.69, 9.17) is 14.5 Å². The minimum absolute atomic E-state index is 0.145. The van der Waals surface area contributed by atoms with Crippen LogP contribution in [0, 0.1) is 6.92 Å². The fourth-order valence-corrected chi connectivity index (χ4v) is 10.3. The molecule has 364 valence electrons. The number of nitrogens with one attached hydrogen (secondary N) is 3. The average molecular weight is 981 g/mol. The lowest BCUT2D eigenvalue weighted by Gasteiger charge is -2.31. The van der Waals surface area contributed by atoms with Crippen LogP contribution < -0.4 is 25.6 Å². The van der Waals surface area contributed by atoms with Crippen LogP contribution in [-0.4, -0.2) is 61.5 Å². The van der Waals surface area contributed by atoms with Crippen LogP contribution in [0.25, 0.3) is 32.2 Å². The molecule has 15 nitrogen and oxygen atoms in total. The van der Waals surface area contributed by atoms with E-state index < -0.39 is 17.5 Å². The second kappa shape index (κ2) is 19.5. The summed E-state index contributed by atoms with van der Waals surface area (Å²) in [4.78, 5) is 77.8. The zero-order valence-corrected chi connectivity index (χ0v) is 41.3. The molecule has 0 radical (unpaired) electrons. The van der Waals surface area contributed by atoms with E-state index in [0.29, 0.717) is 82.8 Å². The summed E-state index contributed by atoms with van der Waals surface area (Å²) in [7, 11) is 1.77. The lowest BCUT2D eigenvalue weighted by molar-refractivity contribution is -0.134. The molecule has 72 heavy (non-hydrogen) atoms. The minimum Gasteiger partial charge on any atom is -0.457 e. The lowest BCUT2D eigenvalue weighted by atomic mass is 9.92. The molecule has 1 atom stereocenters. The first-order chi connectivity index (χ1) is 34.7. The predicted octanol–water partition coefficient (Wildman–Crippen LogP) is 10.2. The molecule has 1 saturated heterocycles. The minimum atomic E-state index is -0.796. The number of aromatic nitrogens is 4. The molecule has 3 N–H and O–H groups in total. The summed E-state index contributed by atoms with van der Waals surface area (Å²) in [6.45, 7) is 8.41. The number of ether oxygens (including phenoxy) is 2. The number of pyridine rings is 1. The lowest BCUT2D eigenvalue weighted by Crippen LogP contribution is -2.39. The summed E-state index contributed by atoms with van der Waals surface area (Å²) in [5.74, 6) is -0.559. The third-order valence-corrected chi connectivity index (χ3v) is 13.9. The molecule has 2 aliphatic heterocycles. The Balaban J connectivity index is 0.872. The number of rotatable bonds is 12.